The number of hydrogen-bond donors (Lipinski definition) is 4. The number of rotatable bonds is 17. The molecule has 2 unspecified atom stereocenters. The lowest BCUT2D eigenvalue weighted by Crippen LogP contribution is -2.32. The van der Waals surface area contributed by atoms with E-state index in [4.69, 9.17) is 85.9 Å². The van der Waals surface area contributed by atoms with Crippen LogP contribution in [0.3, 0.4) is 0 Å². The van der Waals surface area contributed by atoms with Gasteiger partial charge < -0.3 is 26.0 Å². The first kappa shape index (κ1) is 49.4. The number of amides is 4. The first-order chi connectivity index (χ1) is 30.4. The van der Waals surface area contributed by atoms with Crippen LogP contribution in [0.4, 0.5) is 34.1 Å². The predicted octanol–water partition coefficient (Wildman–Crippen LogP) is 12.1. The molecule has 4 N–H and O–H groups in total. The minimum Gasteiger partial charge on any atom is -0.490 e. The van der Waals surface area contributed by atoms with Crippen LogP contribution in [0.2, 0.25) is 30.1 Å². The van der Waals surface area contributed by atoms with Crippen molar-refractivity contribution in [3.8, 4) is 5.75 Å². The number of benzene rings is 5. The molecular weight excluding hydrogens is 977 g/mol. The molecule has 0 aliphatic heterocycles. The third-order valence-corrected chi connectivity index (χ3v) is 10.7. The maximum absolute atomic E-state index is 13.4. The van der Waals surface area contributed by atoms with Gasteiger partial charge in [0.1, 0.15) is 12.4 Å². The molecule has 0 aromatic heterocycles. The van der Waals surface area contributed by atoms with Crippen molar-refractivity contribution in [2.24, 2.45) is 20.5 Å². The second-order valence-corrected chi connectivity index (χ2v) is 16.0. The summed E-state index contributed by atoms with van der Waals surface area (Å²) >= 11 is 42.4. The highest BCUT2D eigenvalue weighted by Crippen LogP contribution is 2.32. The van der Waals surface area contributed by atoms with Crippen molar-refractivity contribution >= 4 is 151 Å². The van der Waals surface area contributed by atoms with Crippen molar-refractivity contribution in [2.45, 2.75) is 25.9 Å². The molecule has 330 valence electrons. The second kappa shape index (κ2) is 22.8. The van der Waals surface area contributed by atoms with Gasteiger partial charge in [-0.15, -0.1) is 11.6 Å². The number of Topliss-reactive ketones (excluding diaryl/α,β-unsaturated/α-hetero) is 2. The summed E-state index contributed by atoms with van der Waals surface area (Å²) in [4.78, 5) is 78.1. The maximum atomic E-state index is 13.4. The summed E-state index contributed by atoms with van der Waals surface area (Å²) in [6.07, 6.45) is 0. The van der Waals surface area contributed by atoms with Crippen LogP contribution in [-0.2, 0) is 19.2 Å². The molecular formula is C42H31Cl7N8O7. The van der Waals surface area contributed by atoms with Crippen LogP contribution in [0.5, 0.6) is 5.75 Å². The molecule has 15 nitrogen and oxygen atoms in total. The summed E-state index contributed by atoms with van der Waals surface area (Å²) in [5.74, 6) is -4.26. The smallest absolute Gasteiger partial charge is 0.258 e. The lowest BCUT2D eigenvalue weighted by atomic mass is 10.1. The Hall–Kier alpha value is -5.65. The number of azo groups is 2. The quantitative estimate of drug-likeness (QED) is 0.0402. The van der Waals surface area contributed by atoms with Gasteiger partial charge in [0, 0.05) is 23.1 Å². The maximum Gasteiger partial charge on any atom is 0.258 e. The Kier molecular flexibility index (Phi) is 17.6. The van der Waals surface area contributed by atoms with Crippen LogP contribution in [0.25, 0.3) is 0 Å². The molecule has 0 saturated heterocycles. The van der Waals surface area contributed by atoms with Gasteiger partial charge in [0.25, 0.3) is 23.6 Å². The van der Waals surface area contributed by atoms with E-state index in [1.807, 2.05) is 0 Å². The molecule has 5 aromatic carbocycles. The number of ether oxygens (including phenoxy) is 1. The SMILES string of the molecule is CC(=O)C(N=Nc1ccc(Cl)c(C(=O)Nc2ccc(Cl)c(Cl)c2)c1)C(=O)Nc1ccc(NC(=O)C(N=Nc2ccc(Cl)c(C(=O)Nc3ccc(Cl)c(Cl)c3)c2)C(C)=O)c(OCCCl)c1. The Labute approximate surface area is 399 Å². The lowest BCUT2D eigenvalue weighted by molar-refractivity contribution is -0.127. The van der Waals surface area contributed by atoms with Crippen molar-refractivity contribution in [1.29, 1.82) is 0 Å². The van der Waals surface area contributed by atoms with E-state index < -0.39 is 47.3 Å². The van der Waals surface area contributed by atoms with Crippen molar-refractivity contribution in [2.75, 3.05) is 33.8 Å². The Morgan fingerprint density at radius 1 is 0.516 bits per heavy atom. The molecule has 0 aliphatic rings. The molecule has 2 atom stereocenters. The molecule has 0 heterocycles. The number of hydrogen-bond acceptors (Lipinski definition) is 11. The Morgan fingerprint density at radius 2 is 0.938 bits per heavy atom. The Morgan fingerprint density at radius 3 is 1.38 bits per heavy atom. The average molecular weight is 1010 g/mol. The Balaban J connectivity index is 1.28. The van der Waals surface area contributed by atoms with Gasteiger partial charge in [-0.05, 0) is 98.8 Å². The monoisotopic (exact) mass is 1000 g/mol. The molecule has 64 heavy (non-hydrogen) atoms. The molecule has 0 saturated carbocycles. The van der Waals surface area contributed by atoms with Gasteiger partial charge in [0.2, 0.25) is 12.1 Å². The van der Waals surface area contributed by atoms with Gasteiger partial charge in [-0.25, -0.2) is 0 Å². The minimum atomic E-state index is -1.65. The summed E-state index contributed by atoms with van der Waals surface area (Å²) in [6.45, 7) is 2.24. The van der Waals surface area contributed by atoms with Crippen molar-refractivity contribution in [3.63, 3.8) is 0 Å². The van der Waals surface area contributed by atoms with Gasteiger partial charge in [-0.1, -0.05) is 69.6 Å². The van der Waals surface area contributed by atoms with E-state index in [1.165, 1.54) is 78.9 Å². The van der Waals surface area contributed by atoms with E-state index in [0.29, 0.717) is 21.4 Å². The van der Waals surface area contributed by atoms with Crippen molar-refractivity contribution in [1.82, 2.24) is 0 Å². The number of nitrogens with zero attached hydrogens (tertiary/aromatic N) is 4. The fourth-order valence-electron chi connectivity index (χ4n) is 5.31. The summed E-state index contributed by atoms with van der Waals surface area (Å²) < 4.78 is 5.72. The van der Waals surface area contributed by atoms with Gasteiger partial charge in [-0.3, -0.25) is 28.8 Å². The van der Waals surface area contributed by atoms with Crippen molar-refractivity contribution in [3.05, 3.63) is 132 Å². The molecule has 0 aliphatic carbocycles. The molecule has 0 radical (unpaired) electrons. The Bertz CT molecular complexity index is 2720. The number of carbonyl (C=O) groups excluding carboxylic acids is 6. The zero-order chi connectivity index (χ0) is 46.7. The number of anilines is 4. The van der Waals surface area contributed by atoms with E-state index in [1.54, 1.807) is 12.1 Å². The fraction of sp³-hybridized carbons (Fsp3) is 0.143. The molecule has 22 heteroatoms. The molecule has 0 spiro atoms. The third-order valence-electron chi connectivity index (χ3n) is 8.43. The molecule has 0 bridgehead atoms. The van der Waals surface area contributed by atoms with Crippen LogP contribution < -0.4 is 26.0 Å². The predicted molar refractivity (Wildman–Crippen MR) is 250 cm³/mol. The average Bonchev–Trinajstić information content (AvgIpc) is 3.24. The van der Waals surface area contributed by atoms with E-state index in [-0.39, 0.29) is 72.2 Å². The minimum absolute atomic E-state index is 0.0123. The van der Waals surface area contributed by atoms with Gasteiger partial charge in [0.15, 0.2) is 11.6 Å². The van der Waals surface area contributed by atoms with E-state index in [9.17, 15) is 28.8 Å². The summed E-state index contributed by atoms with van der Waals surface area (Å²) in [5, 5.41) is 27.6. The fourth-order valence-corrected chi connectivity index (χ4v) is 6.39. The second-order valence-electron chi connectivity index (χ2n) is 13.2. The molecule has 5 aromatic rings. The number of alkyl halides is 1. The van der Waals surface area contributed by atoms with Crippen molar-refractivity contribution < 1.29 is 33.5 Å². The summed E-state index contributed by atoms with van der Waals surface area (Å²) in [7, 11) is 0. The van der Waals surface area contributed by atoms with E-state index >= 15 is 0 Å². The third kappa shape index (κ3) is 13.4. The zero-order valence-corrected chi connectivity index (χ0v) is 38.3. The number of carbonyl (C=O) groups is 6. The zero-order valence-electron chi connectivity index (χ0n) is 33.0. The molecule has 5 rings (SSSR count). The normalized spacial score (nSPS) is 12.1. The number of nitrogens with one attached hydrogen (secondary N) is 4. The lowest BCUT2D eigenvalue weighted by Gasteiger charge is -2.16. The first-order valence-electron chi connectivity index (χ1n) is 18.3. The van der Waals surface area contributed by atoms with Crippen LogP contribution in [0, 0.1) is 0 Å². The largest absolute Gasteiger partial charge is 0.490 e. The molecule has 4 amide bonds. The number of ketones is 2. The van der Waals surface area contributed by atoms with Gasteiger partial charge in [-0.2, -0.15) is 20.5 Å². The van der Waals surface area contributed by atoms with E-state index in [0.717, 1.165) is 13.8 Å². The van der Waals surface area contributed by atoms with Crippen LogP contribution in [0.15, 0.2) is 111 Å². The number of halogens is 7. The van der Waals surface area contributed by atoms with Gasteiger partial charge in [0.05, 0.1) is 64.2 Å². The highest BCUT2D eigenvalue weighted by atomic mass is 35.5. The molecule has 0 fully saturated rings. The highest BCUT2D eigenvalue weighted by Gasteiger charge is 2.27. The summed E-state index contributed by atoms with van der Waals surface area (Å²) in [5.41, 5.74) is 1.10. The van der Waals surface area contributed by atoms with Crippen LogP contribution in [-0.4, -0.2) is 59.8 Å². The first-order valence-corrected chi connectivity index (χ1v) is 21.1. The highest BCUT2D eigenvalue weighted by molar-refractivity contribution is 6.43. The van der Waals surface area contributed by atoms with E-state index in [2.05, 4.69) is 41.7 Å². The standard InChI is InChI=1S/C42H31Cl7N8O7/c1-20(58)37(56-54-25-5-8-29(44)27(15-25)39(60)50-22-3-10-31(46)33(48)17-22)41(62)52-24-7-12-35(36(19-24)64-14-13-43)53-42(63)38(21(2)59)57-55-26-6-9-30(45)28(16-26)40(61)51-23-4-11-32(47)34(49)18-23/h3-12,15-19,37-38H,13-14H2,1-2H3,(H,50,60)(H,51,61)(H,52,62)(H,53,63). The van der Waals surface area contributed by atoms with Crippen LogP contribution >= 0.6 is 81.2 Å². The van der Waals surface area contributed by atoms with Gasteiger partial charge >= 0.3 is 0 Å². The summed E-state index contributed by atoms with van der Waals surface area (Å²) in [6, 6.07) is 18.1. The topological polar surface area (TPSA) is 209 Å². The van der Waals surface area contributed by atoms with Crippen LogP contribution in [0.1, 0.15) is 34.6 Å².